The average Bonchev–Trinajstić information content (AvgIpc) is 2.38. The highest BCUT2D eigenvalue weighted by Crippen LogP contribution is 2.21. The summed E-state index contributed by atoms with van der Waals surface area (Å²) in [7, 11) is 1.32. The van der Waals surface area contributed by atoms with Gasteiger partial charge in [0.15, 0.2) is 0 Å². The Morgan fingerprint density at radius 3 is 2.52 bits per heavy atom. The van der Waals surface area contributed by atoms with Crippen molar-refractivity contribution in [2.45, 2.75) is 6.18 Å². The summed E-state index contributed by atoms with van der Waals surface area (Å²) in [6.07, 6.45) is -4.49. The van der Waals surface area contributed by atoms with Crippen LogP contribution in [0.3, 0.4) is 0 Å². The number of carbonyl (C=O) groups excluding carboxylic acids is 2. The number of hydrogen-bond donors (Lipinski definition) is 2. The van der Waals surface area contributed by atoms with Crippen LogP contribution < -0.4 is 11.1 Å². The normalized spacial score (nSPS) is 11.1. The van der Waals surface area contributed by atoms with Crippen molar-refractivity contribution in [1.29, 1.82) is 0 Å². The van der Waals surface area contributed by atoms with Gasteiger partial charge in [0.05, 0.1) is 6.54 Å². The fourth-order valence-corrected chi connectivity index (χ4v) is 1.80. The summed E-state index contributed by atoms with van der Waals surface area (Å²) in [6, 6.07) is 4.45. The number of rotatable bonds is 4. The Bertz CT molecular complexity index is 549. The fourth-order valence-electron chi connectivity index (χ4n) is 1.42. The number of nitrogens with two attached hydrogens (primary N) is 1. The number of amides is 2. The van der Waals surface area contributed by atoms with Crippen molar-refractivity contribution >= 4 is 33.4 Å². The molecule has 9 heteroatoms. The Kier molecular flexibility index (Phi) is 5.59. The molecule has 1 aromatic rings. The monoisotopic (exact) mass is 367 g/mol. The van der Waals surface area contributed by atoms with Gasteiger partial charge in [-0.3, -0.25) is 9.59 Å². The smallest absolute Gasteiger partial charge is 0.398 e. The van der Waals surface area contributed by atoms with E-state index in [4.69, 9.17) is 5.73 Å². The van der Waals surface area contributed by atoms with Crippen LogP contribution in [0, 0.1) is 0 Å². The number of nitrogen functional groups attached to an aromatic ring is 1. The van der Waals surface area contributed by atoms with E-state index in [9.17, 15) is 22.8 Å². The van der Waals surface area contributed by atoms with E-state index in [1.807, 2.05) is 0 Å². The summed E-state index contributed by atoms with van der Waals surface area (Å²) < 4.78 is 36.4. The van der Waals surface area contributed by atoms with E-state index in [1.165, 1.54) is 25.2 Å². The lowest BCUT2D eigenvalue weighted by molar-refractivity contribution is -0.138. The lowest BCUT2D eigenvalue weighted by atomic mass is 10.2. The maximum absolute atomic E-state index is 12.0. The first-order valence-corrected chi connectivity index (χ1v) is 6.53. The van der Waals surface area contributed by atoms with E-state index in [0.29, 0.717) is 10.2 Å². The van der Waals surface area contributed by atoms with Crippen LogP contribution in [0.1, 0.15) is 10.4 Å². The zero-order valence-electron chi connectivity index (χ0n) is 11.0. The van der Waals surface area contributed by atoms with Crippen LogP contribution in [0.2, 0.25) is 0 Å². The molecule has 116 valence electrons. The second kappa shape index (κ2) is 6.79. The Labute approximate surface area is 127 Å². The van der Waals surface area contributed by atoms with Gasteiger partial charge in [-0.1, -0.05) is 0 Å². The molecule has 0 saturated carbocycles. The molecule has 0 spiro atoms. The fraction of sp³-hybridized carbons (Fsp3) is 0.333. The zero-order valence-corrected chi connectivity index (χ0v) is 12.6. The molecule has 0 bridgehead atoms. The van der Waals surface area contributed by atoms with E-state index in [-0.39, 0.29) is 5.56 Å². The number of benzene rings is 1. The van der Waals surface area contributed by atoms with Crippen LogP contribution in [0.5, 0.6) is 0 Å². The van der Waals surface area contributed by atoms with Gasteiger partial charge in [-0.15, -0.1) is 0 Å². The quantitative estimate of drug-likeness (QED) is 0.796. The van der Waals surface area contributed by atoms with Crippen molar-refractivity contribution in [2.24, 2.45) is 0 Å². The van der Waals surface area contributed by atoms with Gasteiger partial charge < -0.3 is 16.0 Å². The molecule has 0 aromatic heterocycles. The molecule has 0 radical (unpaired) electrons. The van der Waals surface area contributed by atoms with Gasteiger partial charge in [-0.2, -0.15) is 13.2 Å². The number of carbonyl (C=O) groups is 2. The number of nitrogens with one attached hydrogen (secondary N) is 1. The summed E-state index contributed by atoms with van der Waals surface area (Å²) in [4.78, 5) is 24.3. The third kappa shape index (κ3) is 5.62. The summed E-state index contributed by atoms with van der Waals surface area (Å²) in [5.41, 5.74) is 6.29. The second-order valence-electron chi connectivity index (χ2n) is 4.29. The second-order valence-corrected chi connectivity index (χ2v) is 5.14. The van der Waals surface area contributed by atoms with Crippen LogP contribution >= 0.6 is 15.9 Å². The number of alkyl halides is 3. The highest BCUT2D eigenvalue weighted by Gasteiger charge is 2.28. The molecule has 0 unspecified atom stereocenters. The van der Waals surface area contributed by atoms with Gasteiger partial charge in [0, 0.05) is 22.8 Å². The minimum absolute atomic E-state index is 0.266. The minimum Gasteiger partial charge on any atom is -0.398 e. The van der Waals surface area contributed by atoms with Gasteiger partial charge >= 0.3 is 6.18 Å². The number of halogens is 4. The molecule has 2 amide bonds. The van der Waals surface area contributed by atoms with Crippen molar-refractivity contribution in [1.82, 2.24) is 10.2 Å². The Balaban J connectivity index is 2.62. The standard InChI is InChI=1S/C12H13BrF3N3O2/c1-19(5-10(20)18-6-12(14,15)16)11(21)7-2-3-9(17)8(13)4-7/h2-4H,5-6,17H2,1H3,(H,18,20). The Morgan fingerprint density at radius 2 is 2.00 bits per heavy atom. The molecule has 0 aliphatic carbocycles. The van der Waals surface area contributed by atoms with E-state index in [0.717, 1.165) is 4.90 Å². The van der Waals surface area contributed by atoms with Crippen LogP contribution in [0.4, 0.5) is 18.9 Å². The molecular formula is C12H13BrF3N3O2. The Hall–Kier alpha value is -1.77. The topological polar surface area (TPSA) is 75.4 Å². The number of nitrogens with zero attached hydrogens (tertiary/aromatic N) is 1. The van der Waals surface area contributed by atoms with E-state index in [2.05, 4.69) is 15.9 Å². The Morgan fingerprint density at radius 1 is 1.38 bits per heavy atom. The van der Waals surface area contributed by atoms with E-state index in [1.54, 1.807) is 5.32 Å². The highest BCUT2D eigenvalue weighted by molar-refractivity contribution is 9.10. The predicted molar refractivity (Wildman–Crippen MR) is 74.6 cm³/mol. The molecule has 0 aliphatic heterocycles. The van der Waals surface area contributed by atoms with Crippen molar-refractivity contribution in [3.05, 3.63) is 28.2 Å². The summed E-state index contributed by atoms with van der Waals surface area (Å²) in [5, 5.41) is 1.69. The van der Waals surface area contributed by atoms with E-state index >= 15 is 0 Å². The summed E-state index contributed by atoms with van der Waals surface area (Å²) in [6.45, 7) is -1.90. The molecule has 21 heavy (non-hydrogen) atoms. The number of likely N-dealkylation sites (N-methyl/N-ethyl adjacent to an activating group) is 1. The third-order valence-electron chi connectivity index (χ3n) is 2.46. The first kappa shape index (κ1) is 17.3. The van der Waals surface area contributed by atoms with Crippen molar-refractivity contribution in [2.75, 3.05) is 25.9 Å². The van der Waals surface area contributed by atoms with Gasteiger partial charge in [0.1, 0.15) is 6.54 Å². The molecule has 1 aromatic carbocycles. The van der Waals surface area contributed by atoms with Crippen molar-refractivity contribution < 1.29 is 22.8 Å². The van der Waals surface area contributed by atoms with Crippen molar-refractivity contribution in [3.8, 4) is 0 Å². The van der Waals surface area contributed by atoms with Crippen LogP contribution in [0.25, 0.3) is 0 Å². The van der Waals surface area contributed by atoms with Gasteiger partial charge in [-0.25, -0.2) is 0 Å². The van der Waals surface area contributed by atoms with Crippen LogP contribution in [-0.4, -0.2) is 43.0 Å². The van der Waals surface area contributed by atoms with Gasteiger partial charge in [0.25, 0.3) is 5.91 Å². The molecule has 0 saturated heterocycles. The first-order valence-electron chi connectivity index (χ1n) is 5.74. The minimum atomic E-state index is -4.49. The van der Waals surface area contributed by atoms with Crippen molar-refractivity contribution in [3.63, 3.8) is 0 Å². The number of anilines is 1. The van der Waals surface area contributed by atoms with Gasteiger partial charge in [-0.05, 0) is 34.1 Å². The molecule has 0 heterocycles. The largest absolute Gasteiger partial charge is 0.405 e. The van der Waals surface area contributed by atoms with Gasteiger partial charge in [0.2, 0.25) is 5.91 Å². The highest BCUT2D eigenvalue weighted by atomic mass is 79.9. The molecule has 5 nitrogen and oxygen atoms in total. The third-order valence-corrected chi connectivity index (χ3v) is 3.15. The first-order chi connectivity index (χ1) is 9.60. The SMILES string of the molecule is CN(CC(=O)NCC(F)(F)F)C(=O)c1ccc(N)c(Br)c1. The molecule has 1 rings (SSSR count). The molecule has 0 aliphatic rings. The van der Waals surface area contributed by atoms with Crippen LogP contribution in [0.15, 0.2) is 22.7 Å². The summed E-state index contributed by atoms with van der Waals surface area (Å²) >= 11 is 3.16. The molecule has 3 N–H and O–H groups in total. The average molecular weight is 368 g/mol. The van der Waals surface area contributed by atoms with Crippen LogP contribution in [-0.2, 0) is 4.79 Å². The predicted octanol–water partition coefficient (Wildman–Crippen LogP) is 1.78. The lowest BCUT2D eigenvalue weighted by Gasteiger charge is -2.17. The molecule has 0 fully saturated rings. The number of hydrogen-bond acceptors (Lipinski definition) is 3. The van der Waals surface area contributed by atoms with E-state index < -0.39 is 31.1 Å². The maximum atomic E-state index is 12.0. The summed E-state index contributed by atoms with van der Waals surface area (Å²) in [5.74, 6) is -1.39. The maximum Gasteiger partial charge on any atom is 0.405 e. The molecule has 0 atom stereocenters. The molecular weight excluding hydrogens is 355 g/mol. The zero-order chi connectivity index (χ0) is 16.2. The lowest BCUT2D eigenvalue weighted by Crippen LogP contribution is -2.41.